The first kappa shape index (κ1) is 11.7. The molecule has 5 heteroatoms. The Balaban J connectivity index is 1.50. The van der Waals surface area contributed by atoms with Crippen LogP contribution in [-0.2, 0) is 0 Å². The number of rotatable bonds is 2. The fourth-order valence-electron chi connectivity index (χ4n) is 4.27. The summed E-state index contributed by atoms with van der Waals surface area (Å²) in [4.78, 5) is 7.10. The van der Waals surface area contributed by atoms with Gasteiger partial charge in [-0.3, -0.25) is 5.10 Å². The van der Waals surface area contributed by atoms with E-state index in [9.17, 15) is 0 Å². The van der Waals surface area contributed by atoms with Gasteiger partial charge in [0.2, 0.25) is 5.95 Å². The van der Waals surface area contributed by atoms with E-state index in [0.717, 1.165) is 43.2 Å². The van der Waals surface area contributed by atoms with Crippen molar-refractivity contribution in [2.45, 2.75) is 44.6 Å². The molecule has 1 aromatic heterocycles. The second kappa shape index (κ2) is 4.47. The van der Waals surface area contributed by atoms with E-state index in [0.29, 0.717) is 12.0 Å². The molecule has 2 saturated carbocycles. The van der Waals surface area contributed by atoms with E-state index in [1.165, 1.54) is 25.7 Å². The molecule has 3 unspecified atom stereocenters. The van der Waals surface area contributed by atoms with Crippen LogP contribution in [0.15, 0.2) is 0 Å². The molecule has 2 heterocycles. The molecule has 19 heavy (non-hydrogen) atoms. The monoisotopic (exact) mass is 261 g/mol. The van der Waals surface area contributed by atoms with Crippen LogP contribution in [0.3, 0.4) is 0 Å². The number of nitrogens with zero attached hydrogens (tertiary/aromatic N) is 3. The van der Waals surface area contributed by atoms with Crippen molar-refractivity contribution in [3.05, 3.63) is 5.82 Å². The highest BCUT2D eigenvalue weighted by Crippen LogP contribution is 2.52. The minimum atomic E-state index is 0.526. The van der Waals surface area contributed by atoms with Gasteiger partial charge >= 0.3 is 0 Å². The van der Waals surface area contributed by atoms with E-state index in [1.54, 1.807) is 0 Å². The summed E-state index contributed by atoms with van der Waals surface area (Å²) >= 11 is 0. The van der Waals surface area contributed by atoms with Gasteiger partial charge in [0.25, 0.3) is 0 Å². The molecule has 2 N–H and O–H groups in total. The summed E-state index contributed by atoms with van der Waals surface area (Å²) < 4.78 is 0. The Morgan fingerprint density at radius 2 is 2.21 bits per heavy atom. The number of piperazine rings is 1. The van der Waals surface area contributed by atoms with Crippen molar-refractivity contribution in [3.63, 3.8) is 0 Å². The summed E-state index contributed by atoms with van der Waals surface area (Å²) in [6.07, 6.45) is 5.59. The van der Waals surface area contributed by atoms with Gasteiger partial charge in [0.1, 0.15) is 5.82 Å². The maximum Gasteiger partial charge on any atom is 0.244 e. The zero-order valence-corrected chi connectivity index (χ0v) is 11.6. The first-order valence-electron chi connectivity index (χ1n) is 7.70. The fraction of sp³-hybridized carbons (Fsp3) is 0.857. The van der Waals surface area contributed by atoms with E-state index in [-0.39, 0.29) is 0 Å². The minimum Gasteiger partial charge on any atom is -0.337 e. The predicted molar refractivity (Wildman–Crippen MR) is 74.2 cm³/mol. The van der Waals surface area contributed by atoms with Gasteiger partial charge in [-0.15, -0.1) is 5.10 Å². The van der Waals surface area contributed by atoms with Crippen LogP contribution in [0.25, 0.3) is 0 Å². The van der Waals surface area contributed by atoms with Crippen LogP contribution in [0.5, 0.6) is 0 Å². The second-order valence-electron chi connectivity index (χ2n) is 6.60. The van der Waals surface area contributed by atoms with Crippen LogP contribution in [0, 0.1) is 11.8 Å². The molecule has 1 aliphatic heterocycles. The number of anilines is 1. The highest BCUT2D eigenvalue weighted by molar-refractivity contribution is 5.31. The van der Waals surface area contributed by atoms with Gasteiger partial charge in [0.15, 0.2) is 0 Å². The van der Waals surface area contributed by atoms with Crippen LogP contribution in [-0.4, -0.2) is 40.9 Å². The third-order valence-electron chi connectivity index (χ3n) is 5.23. The zero-order chi connectivity index (χ0) is 12.8. The first-order chi connectivity index (χ1) is 9.29. The molecule has 4 atom stereocenters. The molecule has 5 nitrogen and oxygen atoms in total. The maximum atomic E-state index is 4.80. The summed E-state index contributed by atoms with van der Waals surface area (Å²) in [6.45, 7) is 5.27. The Labute approximate surface area is 114 Å². The van der Waals surface area contributed by atoms with Gasteiger partial charge in [0.05, 0.1) is 0 Å². The van der Waals surface area contributed by atoms with Gasteiger partial charge in [-0.1, -0.05) is 6.42 Å². The SMILES string of the molecule is C[C@H]1CN(c2n[nH]c(C3CC4CCC3C4)n2)CCN1. The van der Waals surface area contributed by atoms with Crippen molar-refractivity contribution in [3.8, 4) is 0 Å². The summed E-state index contributed by atoms with van der Waals surface area (Å²) in [5.41, 5.74) is 0. The van der Waals surface area contributed by atoms with Crippen molar-refractivity contribution < 1.29 is 0 Å². The number of hydrogen-bond donors (Lipinski definition) is 2. The number of hydrogen-bond acceptors (Lipinski definition) is 4. The minimum absolute atomic E-state index is 0.526. The molecule has 2 bridgehead atoms. The predicted octanol–water partition coefficient (Wildman–Crippen LogP) is 1.51. The standard InChI is InChI=1S/C14H23N5/c1-9-8-19(5-4-15-9)14-16-13(17-18-14)12-7-10-2-3-11(12)6-10/h9-12,15H,2-8H2,1H3,(H,16,17,18)/t9-,10?,11?,12?/m0/s1. The third-order valence-corrected chi connectivity index (χ3v) is 5.23. The van der Waals surface area contributed by atoms with Crippen molar-refractivity contribution in [2.24, 2.45) is 11.8 Å². The lowest BCUT2D eigenvalue weighted by Gasteiger charge is -2.30. The van der Waals surface area contributed by atoms with Crippen LogP contribution >= 0.6 is 0 Å². The topological polar surface area (TPSA) is 56.8 Å². The lowest BCUT2D eigenvalue weighted by Crippen LogP contribution is -2.49. The highest BCUT2D eigenvalue weighted by Gasteiger charge is 2.41. The number of H-pyrrole nitrogens is 1. The largest absolute Gasteiger partial charge is 0.337 e. The van der Waals surface area contributed by atoms with Crippen LogP contribution < -0.4 is 10.2 Å². The molecular formula is C14H23N5. The summed E-state index contributed by atoms with van der Waals surface area (Å²) in [6, 6.07) is 0.526. The zero-order valence-electron chi connectivity index (χ0n) is 11.6. The van der Waals surface area contributed by atoms with Gasteiger partial charge in [-0.2, -0.15) is 4.98 Å². The first-order valence-corrected chi connectivity index (χ1v) is 7.70. The van der Waals surface area contributed by atoms with Crippen molar-refractivity contribution in [1.29, 1.82) is 0 Å². The van der Waals surface area contributed by atoms with Gasteiger partial charge < -0.3 is 10.2 Å². The van der Waals surface area contributed by atoms with Crippen LogP contribution in [0.4, 0.5) is 5.95 Å². The average Bonchev–Trinajstić information content (AvgIpc) is 3.14. The fourth-order valence-corrected chi connectivity index (χ4v) is 4.27. The van der Waals surface area contributed by atoms with E-state index >= 15 is 0 Å². The molecule has 0 spiro atoms. The number of aromatic amines is 1. The average molecular weight is 261 g/mol. The Morgan fingerprint density at radius 3 is 2.95 bits per heavy atom. The van der Waals surface area contributed by atoms with Crippen LogP contribution in [0.1, 0.15) is 44.3 Å². The molecule has 3 fully saturated rings. The molecule has 0 amide bonds. The molecular weight excluding hydrogens is 238 g/mol. The Morgan fingerprint density at radius 1 is 1.26 bits per heavy atom. The van der Waals surface area contributed by atoms with E-state index < -0.39 is 0 Å². The lowest BCUT2D eigenvalue weighted by atomic mass is 9.88. The Hall–Kier alpha value is -1.10. The van der Waals surface area contributed by atoms with Gasteiger partial charge in [-0.25, -0.2) is 0 Å². The normalized spacial score (nSPS) is 38.1. The maximum absolute atomic E-state index is 4.80. The van der Waals surface area contributed by atoms with Crippen molar-refractivity contribution in [1.82, 2.24) is 20.5 Å². The Kier molecular flexibility index (Phi) is 2.76. The van der Waals surface area contributed by atoms with Gasteiger partial charge in [0, 0.05) is 31.6 Å². The molecule has 0 aromatic carbocycles. The molecule has 104 valence electrons. The molecule has 1 saturated heterocycles. The molecule has 0 radical (unpaired) electrons. The summed E-state index contributed by atoms with van der Waals surface area (Å²) in [5, 5.41) is 11.1. The smallest absolute Gasteiger partial charge is 0.244 e. The third kappa shape index (κ3) is 2.04. The highest BCUT2D eigenvalue weighted by atomic mass is 15.4. The number of fused-ring (bicyclic) bond motifs is 2. The molecule has 2 aliphatic carbocycles. The lowest BCUT2D eigenvalue weighted by molar-refractivity contribution is 0.406. The number of aromatic nitrogens is 3. The van der Waals surface area contributed by atoms with E-state index in [4.69, 9.17) is 4.98 Å². The molecule has 1 aromatic rings. The summed E-state index contributed by atoms with van der Waals surface area (Å²) in [7, 11) is 0. The summed E-state index contributed by atoms with van der Waals surface area (Å²) in [5.74, 6) is 4.54. The van der Waals surface area contributed by atoms with Crippen LogP contribution in [0.2, 0.25) is 0 Å². The number of nitrogens with one attached hydrogen (secondary N) is 2. The van der Waals surface area contributed by atoms with Gasteiger partial charge in [-0.05, 0) is 38.0 Å². The molecule has 4 rings (SSSR count). The Bertz CT molecular complexity index is 456. The second-order valence-corrected chi connectivity index (χ2v) is 6.60. The van der Waals surface area contributed by atoms with Crippen molar-refractivity contribution in [2.75, 3.05) is 24.5 Å². The van der Waals surface area contributed by atoms with E-state index in [2.05, 4.69) is 27.3 Å². The quantitative estimate of drug-likeness (QED) is 0.847. The van der Waals surface area contributed by atoms with E-state index in [1.807, 2.05) is 0 Å². The molecule has 3 aliphatic rings. The van der Waals surface area contributed by atoms with Crippen molar-refractivity contribution >= 4 is 5.95 Å².